The van der Waals surface area contributed by atoms with Crippen molar-refractivity contribution in [3.05, 3.63) is 41.2 Å². The molecule has 1 fully saturated rings. The molecule has 0 atom stereocenters. The van der Waals surface area contributed by atoms with Crippen LogP contribution in [0.5, 0.6) is 5.75 Å². The van der Waals surface area contributed by atoms with E-state index in [0.29, 0.717) is 0 Å². The van der Waals surface area contributed by atoms with Gasteiger partial charge in [-0.15, -0.1) is 0 Å². The van der Waals surface area contributed by atoms with E-state index in [1.807, 2.05) is 0 Å². The van der Waals surface area contributed by atoms with Crippen molar-refractivity contribution < 1.29 is 4.74 Å². The van der Waals surface area contributed by atoms with Crippen molar-refractivity contribution in [2.75, 3.05) is 0 Å². The smallest absolute Gasteiger partial charge is 0.133 e. The SMILES string of the molecule is C=C1CCc2cc(C3CCC(C)CC3)cc(C)c2O1. The molecule has 1 aromatic rings. The largest absolute Gasteiger partial charge is 0.462 e. The average Bonchev–Trinajstić information content (AvgIpc) is 2.40. The summed E-state index contributed by atoms with van der Waals surface area (Å²) >= 11 is 0. The molecule has 1 aromatic carbocycles. The van der Waals surface area contributed by atoms with Gasteiger partial charge in [0.25, 0.3) is 0 Å². The summed E-state index contributed by atoms with van der Waals surface area (Å²) in [4.78, 5) is 0. The van der Waals surface area contributed by atoms with E-state index in [2.05, 4.69) is 32.6 Å². The van der Waals surface area contributed by atoms with Crippen LogP contribution in [-0.4, -0.2) is 0 Å². The number of benzene rings is 1. The molecule has 0 bridgehead atoms. The van der Waals surface area contributed by atoms with E-state index in [-0.39, 0.29) is 0 Å². The average molecular weight is 256 g/mol. The first-order valence-corrected chi connectivity index (χ1v) is 7.62. The lowest BCUT2D eigenvalue weighted by Crippen LogP contribution is -2.13. The van der Waals surface area contributed by atoms with Crippen LogP contribution in [0.3, 0.4) is 0 Å². The van der Waals surface area contributed by atoms with Crippen LogP contribution in [0.25, 0.3) is 0 Å². The zero-order valence-electron chi connectivity index (χ0n) is 12.2. The Morgan fingerprint density at radius 2 is 1.84 bits per heavy atom. The maximum absolute atomic E-state index is 5.83. The van der Waals surface area contributed by atoms with Gasteiger partial charge in [-0.2, -0.15) is 0 Å². The monoisotopic (exact) mass is 256 g/mol. The van der Waals surface area contributed by atoms with Gasteiger partial charge in [-0.25, -0.2) is 0 Å². The van der Waals surface area contributed by atoms with Gasteiger partial charge in [-0.3, -0.25) is 0 Å². The van der Waals surface area contributed by atoms with Gasteiger partial charge in [-0.05, 0) is 54.7 Å². The van der Waals surface area contributed by atoms with Crippen molar-refractivity contribution in [3.8, 4) is 5.75 Å². The Balaban J connectivity index is 1.88. The van der Waals surface area contributed by atoms with Gasteiger partial charge in [0.1, 0.15) is 5.75 Å². The van der Waals surface area contributed by atoms with E-state index in [1.54, 1.807) is 5.56 Å². The number of allylic oxidation sites excluding steroid dienone is 1. The summed E-state index contributed by atoms with van der Waals surface area (Å²) in [5.74, 6) is 3.67. The molecule has 1 aliphatic heterocycles. The molecule has 1 aliphatic carbocycles. The van der Waals surface area contributed by atoms with Crippen LogP contribution in [-0.2, 0) is 6.42 Å². The third-order valence-corrected chi connectivity index (χ3v) is 4.78. The number of fused-ring (bicyclic) bond motifs is 1. The summed E-state index contributed by atoms with van der Waals surface area (Å²) in [6.07, 6.45) is 7.53. The third kappa shape index (κ3) is 2.56. The normalized spacial score (nSPS) is 26.7. The van der Waals surface area contributed by atoms with Crippen LogP contribution in [0.2, 0.25) is 0 Å². The Labute approximate surface area is 116 Å². The second-order valence-corrected chi connectivity index (χ2v) is 6.42. The van der Waals surface area contributed by atoms with E-state index < -0.39 is 0 Å². The van der Waals surface area contributed by atoms with Crippen molar-refractivity contribution >= 4 is 0 Å². The summed E-state index contributed by atoms with van der Waals surface area (Å²) in [6, 6.07) is 4.74. The first-order valence-electron chi connectivity index (χ1n) is 7.62. The van der Waals surface area contributed by atoms with Crippen LogP contribution in [0.15, 0.2) is 24.5 Å². The highest BCUT2D eigenvalue weighted by atomic mass is 16.5. The van der Waals surface area contributed by atoms with Crippen LogP contribution in [0, 0.1) is 12.8 Å². The molecule has 2 aliphatic rings. The summed E-state index contributed by atoms with van der Waals surface area (Å²) in [7, 11) is 0. The van der Waals surface area contributed by atoms with E-state index in [0.717, 1.165) is 36.2 Å². The highest BCUT2D eigenvalue weighted by Gasteiger charge is 2.23. The quantitative estimate of drug-likeness (QED) is 0.677. The number of ether oxygens (including phenoxy) is 1. The molecule has 102 valence electrons. The predicted octanol–water partition coefficient (Wildman–Crippen LogP) is 5.13. The fraction of sp³-hybridized carbons (Fsp3) is 0.556. The van der Waals surface area contributed by atoms with Crippen LogP contribution >= 0.6 is 0 Å². The van der Waals surface area contributed by atoms with Gasteiger partial charge >= 0.3 is 0 Å². The minimum Gasteiger partial charge on any atom is -0.462 e. The zero-order chi connectivity index (χ0) is 13.4. The Morgan fingerprint density at radius 3 is 2.58 bits per heavy atom. The molecule has 1 heteroatoms. The molecule has 0 N–H and O–H groups in total. The standard InChI is InChI=1S/C18H24O/c1-12-4-7-15(8-5-12)17-10-13(2)18-16(11-17)9-6-14(3)19-18/h10-12,15H,3-9H2,1-2H3. The first-order chi connectivity index (χ1) is 9.13. The fourth-order valence-electron chi connectivity index (χ4n) is 3.51. The molecule has 0 amide bonds. The van der Waals surface area contributed by atoms with Crippen LogP contribution in [0.4, 0.5) is 0 Å². The summed E-state index contributed by atoms with van der Waals surface area (Å²) in [6.45, 7) is 8.51. The van der Waals surface area contributed by atoms with Crippen LogP contribution in [0.1, 0.15) is 61.6 Å². The molecule has 0 unspecified atom stereocenters. The van der Waals surface area contributed by atoms with E-state index in [1.165, 1.54) is 36.8 Å². The second kappa shape index (κ2) is 5.03. The number of rotatable bonds is 1. The summed E-state index contributed by atoms with van der Waals surface area (Å²) in [5, 5.41) is 0. The minimum absolute atomic E-state index is 0.769. The Bertz CT molecular complexity index is 493. The molecule has 0 saturated heterocycles. The van der Waals surface area contributed by atoms with Gasteiger partial charge in [0, 0.05) is 6.42 Å². The number of hydrogen-bond donors (Lipinski definition) is 0. The maximum Gasteiger partial charge on any atom is 0.133 e. The zero-order valence-corrected chi connectivity index (χ0v) is 12.2. The van der Waals surface area contributed by atoms with Gasteiger partial charge < -0.3 is 4.74 Å². The van der Waals surface area contributed by atoms with E-state index in [4.69, 9.17) is 4.74 Å². The van der Waals surface area contributed by atoms with Crippen LogP contribution < -0.4 is 4.74 Å². The number of hydrogen-bond acceptors (Lipinski definition) is 1. The molecule has 1 heterocycles. The molecule has 19 heavy (non-hydrogen) atoms. The van der Waals surface area contributed by atoms with Crippen molar-refractivity contribution in [2.24, 2.45) is 5.92 Å². The molecule has 1 saturated carbocycles. The molecule has 0 spiro atoms. The van der Waals surface area contributed by atoms with E-state index in [9.17, 15) is 0 Å². The maximum atomic E-state index is 5.83. The predicted molar refractivity (Wildman–Crippen MR) is 79.6 cm³/mol. The Morgan fingerprint density at radius 1 is 1.11 bits per heavy atom. The highest BCUT2D eigenvalue weighted by Crippen LogP contribution is 2.40. The summed E-state index contributed by atoms with van der Waals surface area (Å²) in [5.41, 5.74) is 4.22. The molecule has 0 aromatic heterocycles. The first kappa shape index (κ1) is 12.8. The van der Waals surface area contributed by atoms with E-state index >= 15 is 0 Å². The molecule has 1 nitrogen and oxygen atoms in total. The van der Waals surface area contributed by atoms with Gasteiger partial charge in [0.2, 0.25) is 0 Å². The van der Waals surface area contributed by atoms with Crippen molar-refractivity contribution in [1.29, 1.82) is 0 Å². The van der Waals surface area contributed by atoms with Crippen molar-refractivity contribution in [2.45, 2.75) is 58.3 Å². The second-order valence-electron chi connectivity index (χ2n) is 6.42. The lowest BCUT2D eigenvalue weighted by molar-refractivity contribution is 0.346. The molecular weight excluding hydrogens is 232 g/mol. The number of aryl methyl sites for hydroxylation is 2. The summed E-state index contributed by atoms with van der Waals surface area (Å²) < 4.78 is 5.83. The van der Waals surface area contributed by atoms with Gasteiger partial charge in [-0.1, -0.05) is 38.5 Å². The molecule has 0 radical (unpaired) electrons. The molecule has 3 rings (SSSR count). The highest BCUT2D eigenvalue weighted by molar-refractivity contribution is 5.47. The lowest BCUT2D eigenvalue weighted by Gasteiger charge is -2.28. The topological polar surface area (TPSA) is 9.23 Å². The van der Waals surface area contributed by atoms with Gasteiger partial charge in [0.15, 0.2) is 0 Å². The van der Waals surface area contributed by atoms with Gasteiger partial charge in [0.05, 0.1) is 5.76 Å². The Kier molecular flexibility index (Phi) is 3.38. The molecular formula is C18H24O. The lowest BCUT2D eigenvalue weighted by atomic mass is 9.78. The minimum atomic E-state index is 0.769. The fourth-order valence-corrected chi connectivity index (χ4v) is 3.51. The van der Waals surface area contributed by atoms with Crippen molar-refractivity contribution in [1.82, 2.24) is 0 Å². The van der Waals surface area contributed by atoms with Crippen molar-refractivity contribution in [3.63, 3.8) is 0 Å². The Hall–Kier alpha value is -1.24. The third-order valence-electron chi connectivity index (χ3n) is 4.78.